The third kappa shape index (κ3) is 1.36. The van der Waals surface area contributed by atoms with Crippen LogP contribution < -0.4 is 0 Å². The van der Waals surface area contributed by atoms with Crippen LogP contribution >= 0.6 is 0 Å². The smallest absolute Gasteiger partial charge is 0.412 e. The number of β-amino-alcohol motifs (C(OH)–C–C–N with tert-alkyl or cyclic N) is 1. The number of aliphatic hydroxyl groups excluding tert-OH is 1. The molecule has 1 amide bonds. The monoisotopic (exact) mass is 203 g/mol. The zero-order valence-electron chi connectivity index (χ0n) is 8.78. The van der Waals surface area contributed by atoms with Crippen molar-refractivity contribution in [3.05, 3.63) is 0 Å². The highest BCUT2D eigenvalue weighted by atomic mass is 16.6. The van der Waals surface area contributed by atoms with Crippen molar-refractivity contribution in [3.63, 3.8) is 0 Å². The van der Waals surface area contributed by atoms with E-state index in [-0.39, 0.29) is 13.2 Å². The molecule has 14 heavy (non-hydrogen) atoms. The van der Waals surface area contributed by atoms with Gasteiger partial charge in [0.2, 0.25) is 0 Å². The van der Waals surface area contributed by atoms with Gasteiger partial charge in [0.25, 0.3) is 0 Å². The van der Waals surface area contributed by atoms with E-state index < -0.39 is 17.4 Å². The molecule has 0 aromatic carbocycles. The molecule has 0 bridgehead atoms. The van der Waals surface area contributed by atoms with E-state index in [9.17, 15) is 9.90 Å². The Hall–Kier alpha value is -0.810. The number of hydrogen-bond acceptors (Lipinski definition) is 4. The van der Waals surface area contributed by atoms with E-state index in [2.05, 4.69) is 0 Å². The quantitative estimate of drug-likeness (QED) is 0.692. The van der Waals surface area contributed by atoms with Crippen LogP contribution in [0.4, 0.5) is 4.79 Å². The Kier molecular flexibility index (Phi) is 2.74. The number of rotatable bonds is 3. The van der Waals surface area contributed by atoms with Crippen molar-refractivity contribution in [2.75, 3.05) is 13.2 Å². The van der Waals surface area contributed by atoms with Crippen LogP contribution in [-0.4, -0.2) is 45.7 Å². The predicted octanol–water partition coefficient (Wildman–Crippen LogP) is 0.308. The fourth-order valence-electron chi connectivity index (χ4n) is 1.62. The van der Waals surface area contributed by atoms with Crippen molar-refractivity contribution in [3.8, 4) is 0 Å². The Balaban J connectivity index is 2.95. The van der Waals surface area contributed by atoms with Gasteiger partial charge in [-0.1, -0.05) is 6.92 Å². The van der Waals surface area contributed by atoms with Crippen LogP contribution in [0.1, 0.15) is 27.2 Å². The second-order valence-corrected chi connectivity index (χ2v) is 3.85. The number of hydrogen-bond donors (Lipinski definition) is 2. The molecule has 1 aliphatic rings. The zero-order chi connectivity index (χ0) is 11.0. The van der Waals surface area contributed by atoms with Gasteiger partial charge < -0.3 is 14.9 Å². The fraction of sp³-hybridized carbons (Fsp3) is 0.889. The lowest BCUT2D eigenvalue weighted by molar-refractivity contribution is -0.138. The van der Waals surface area contributed by atoms with Crippen LogP contribution in [-0.2, 0) is 4.74 Å². The topological polar surface area (TPSA) is 70.0 Å². The minimum atomic E-state index is -1.36. The van der Waals surface area contributed by atoms with Crippen LogP contribution in [0.5, 0.6) is 0 Å². The van der Waals surface area contributed by atoms with Crippen molar-refractivity contribution in [1.29, 1.82) is 0 Å². The molecule has 0 saturated carbocycles. The molecule has 0 spiro atoms. The highest BCUT2D eigenvalue weighted by molar-refractivity contribution is 5.72. The van der Waals surface area contributed by atoms with Gasteiger partial charge in [-0.05, 0) is 20.3 Å². The largest absolute Gasteiger partial charge is 0.438 e. The first-order valence-electron chi connectivity index (χ1n) is 4.73. The Morgan fingerprint density at radius 1 is 1.50 bits per heavy atom. The number of amides is 1. The van der Waals surface area contributed by atoms with Gasteiger partial charge in [0.05, 0.1) is 13.2 Å². The van der Waals surface area contributed by atoms with Gasteiger partial charge in [0.1, 0.15) is 0 Å². The van der Waals surface area contributed by atoms with Gasteiger partial charge in [0.15, 0.2) is 11.3 Å². The Labute approximate surface area is 83.3 Å². The van der Waals surface area contributed by atoms with Crippen molar-refractivity contribution >= 4 is 6.09 Å². The third-order valence-electron chi connectivity index (χ3n) is 3.06. The van der Waals surface area contributed by atoms with Crippen molar-refractivity contribution in [2.45, 2.75) is 38.5 Å². The summed E-state index contributed by atoms with van der Waals surface area (Å²) in [5.74, 6) is 0. The van der Waals surface area contributed by atoms with E-state index in [1.807, 2.05) is 6.92 Å². The van der Waals surface area contributed by atoms with Gasteiger partial charge in [-0.2, -0.15) is 0 Å². The summed E-state index contributed by atoms with van der Waals surface area (Å²) in [4.78, 5) is 12.5. The summed E-state index contributed by atoms with van der Waals surface area (Å²) in [6.45, 7) is 4.94. The van der Waals surface area contributed by atoms with E-state index >= 15 is 0 Å². The average molecular weight is 203 g/mol. The number of carbonyl (C=O) groups excluding carboxylic acids is 1. The van der Waals surface area contributed by atoms with Gasteiger partial charge in [-0.25, -0.2) is 4.79 Å². The zero-order valence-corrected chi connectivity index (χ0v) is 8.78. The number of aliphatic hydroxyl groups is 2. The van der Waals surface area contributed by atoms with Crippen LogP contribution in [0.3, 0.4) is 0 Å². The highest BCUT2D eigenvalue weighted by Crippen LogP contribution is 2.39. The molecule has 0 aliphatic carbocycles. The number of ether oxygens (including phenoxy) is 1. The van der Waals surface area contributed by atoms with Crippen LogP contribution in [0.15, 0.2) is 0 Å². The van der Waals surface area contributed by atoms with Crippen LogP contribution in [0.2, 0.25) is 0 Å². The summed E-state index contributed by atoms with van der Waals surface area (Å²) >= 11 is 0. The molecule has 2 atom stereocenters. The molecule has 1 rings (SSSR count). The molecule has 1 heterocycles. The second-order valence-electron chi connectivity index (χ2n) is 3.85. The Morgan fingerprint density at radius 3 is 2.43 bits per heavy atom. The standard InChI is InChI=1S/C9H17NO4/c1-4-8(2)9(3,13)10(5-6-11)7(12)14-8/h11,13H,4-6H2,1-3H3/t8-,9+/m0/s1. The van der Waals surface area contributed by atoms with Crippen molar-refractivity contribution in [1.82, 2.24) is 4.90 Å². The average Bonchev–Trinajstić information content (AvgIpc) is 2.27. The molecule has 0 radical (unpaired) electrons. The van der Waals surface area contributed by atoms with E-state index in [4.69, 9.17) is 9.84 Å². The molecule has 0 aromatic heterocycles. The fourth-order valence-corrected chi connectivity index (χ4v) is 1.62. The molecule has 2 N–H and O–H groups in total. The van der Waals surface area contributed by atoms with Gasteiger partial charge >= 0.3 is 6.09 Å². The van der Waals surface area contributed by atoms with Crippen molar-refractivity contribution in [2.24, 2.45) is 0 Å². The third-order valence-corrected chi connectivity index (χ3v) is 3.06. The first kappa shape index (κ1) is 11.3. The highest BCUT2D eigenvalue weighted by Gasteiger charge is 2.57. The summed E-state index contributed by atoms with van der Waals surface area (Å²) in [7, 11) is 0. The Bertz CT molecular complexity index is 241. The summed E-state index contributed by atoms with van der Waals surface area (Å²) in [5, 5.41) is 18.9. The lowest BCUT2D eigenvalue weighted by atomic mass is 9.91. The first-order chi connectivity index (χ1) is 6.39. The molecule has 0 unspecified atom stereocenters. The predicted molar refractivity (Wildman–Crippen MR) is 49.6 cm³/mol. The number of cyclic esters (lactones) is 1. The van der Waals surface area contributed by atoms with Crippen molar-refractivity contribution < 1.29 is 19.7 Å². The van der Waals surface area contributed by atoms with Gasteiger partial charge in [-0.3, -0.25) is 4.90 Å². The van der Waals surface area contributed by atoms with E-state index in [1.165, 1.54) is 6.92 Å². The summed E-state index contributed by atoms with van der Waals surface area (Å²) in [5.41, 5.74) is -2.26. The van der Waals surface area contributed by atoms with E-state index in [0.29, 0.717) is 6.42 Å². The molecule has 1 fully saturated rings. The molecular weight excluding hydrogens is 186 g/mol. The Morgan fingerprint density at radius 2 is 2.07 bits per heavy atom. The maximum absolute atomic E-state index is 11.4. The second kappa shape index (κ2) is 3.40. The lowest BCUT2D eigenvalue weighted by Gasteiger charge is -2.36. The SMILES string of the molecule is CC[C@]1(C)OC(=O)N(CCO)[C@]1(C)O. The summed E-state index contributed by atoms with van der Waals surface area (Å²) in [6.07, 6.45) is -0.0541. The van der Waals surface area contributed by atoms with Gasteiger partial charge in [0, 0.05) is 0 Å². The molecule has 1 aliphatic heterocycles. The number of carbonyl (C=O) groups is 1. The van der Waals surface area contributed by atoms with Crippen LogP contribution in [0.25, 0.3) is 0 Å². The molecule has 5 nitrogen and oxygen atoms in total. The maximum Gasteiger partial charge on any atom is 0.412 e. The molecule has 82 valence electrons. The van der Waals surface area contributed by atoms with Gasteiger partial charge in [-0.15, -0.1) is 0 Å². The molecule has 5 heteroatoms. The lowest BCUT2D eigenvalue weighted by Crippen LogP contribution is -2.55. The summed E-state index contributed by atoms with van der Waals surface area (Å²) in [6, 6.07) is 0. The number of nitrogens with zero attached hydrogens (tertiary/aromatic N) is 1. The minimum absolute atomic E-state index is 0.0847. The normalized spacial score (nSPS) is 37.5. The first-order valence-corrected chi connectivity index (χ1v) is 4.73. The summed E-state index contributed by atoms with van der Waals surface area (Å²) < 4.78 is 5.10. The minimum Gasteiger partial charge on any atom is -0.438 e. The van der Waals surface area contributed by atoms with Crippen LogP contribution in [0, 0.1) is 0 Å². The molecular formula is C9H17NO4. The van der Waals surface area contributed by atoms with E-state index in [0.717, 1.165) is 4.90 Å². The molecule has 1 saturated heterocycles. The molecule has 0 aromatic rings. The van der Waals surface area contributed by atoms with E-state index in [1.54, 1.807) is 6.92 Å². The maximum atomic E-state index is 11.4.